The SMILES string of the molecule is Cc1nn(C)c(C)c1CC(=O)NCCCO. The lowest BCUT2D eigenvalue weighted by Crippen LogP contribution is -2.27. The number of nitrogens with one attached hydrogen (secondary N) is 1. The third-order valence-corrected chi connectivity index (χ3v) is 2.65. The average Bonchev–Trinajstić information content (AvgIpc) is 2.46. The van der Waals surface area contributed by atoms with Crippen LogP contribution < -0.4 is 5.32 Å². The maximum absolute atomic E-state index is 11.6. The second-order valence-corrected chi connectivity index (χ2v) is 3.88. The van der Waals surface area contributed by atoms with Crippen molar-refractivity contribution in [2.24, 2.45) is 7.05 Å². The number of aryl methyl sites for hydroxylation is 2. The summed E-state index contributed by atoms with van der Waals surface area (Å²) in [6, 6.07) is 0. The van der Waals surface area contributed by atoms with Crippen molar-refractivity contribution >= 4 is 5.91 Å². The van der Waals surface area contributed by atoms with Crippen LogP contribution in [0.15, 0.2) is 0 Å². The summed E-state index contributed by atoms with van der Waals surface area (Å²) in [5.74, 6) is -0.0207. The number of aliphatic hydroxyl groups excluding tert-OH is 1. The van der Waals surface area contributed by atoms with E-state index in [-0.39, 0.29) is 12.5 Å². The second kappa shape index (κ2) is 5.65. The molecule has 0 aromatic carbocycles. The number of nitrogens with zero attached hydrogens (tertiary/aromatic N) is 2. The van der Waals surface area contributed by atoms with Crippen molar-refractivity contribution in [2.45, 2.75) is 26.7 Å². The number of carbonyl (C=O) groups is 1. The summed E-state index contributed by atoms with van der Waals surface area (Å²) in [7, 11) is 1.87. The van der Waals surface area contributed by atoms with Gasteiger partial charge in [-0.25, -0.2) is 0 Å². The lowest BCUT2D eigenvalue weighted by atomic mass is 10.1. The summed E-state index contributed by atoms with van der Waals surface area (Å²) in [6.07, 6.45) is 0.952. The molecule has 1 aromatic heterocycles. The van der Waals surface area contributed by atoms with Crippen LogP contribution in [0.1, 0.15) is 23.4 Å². The maximum Gasteiger partial charge on any atom is 0.224 e. The van der Waals surface area contributed by atoms with Gasteiger partial charge in [0, 0.05) is 31.5 Å². The number of carbonyl (C=O) groups excluding carboxylic acids is 1. The Morgan fingerprint density at radius 1 is 1.50 bits per heavy atom. The summed E-state index contributed by atoms with van der Waals surface area (Å²) < 4.78 is 1.78. The second-order valence-electron chi connectivity index (χ2n) is 3.88. The molecule has 1 heterocycles. The van der Waals surface area contributed by atoms with Crippen LogP contribution >= 0.6 is 0 Å². The van der Waals surface area contributed by atoms with Gasteiger partial charge in [0.2, 0.25) is 5.91 Å². The highest BCUT2D eigenvalue weighted by molar-refractivity contribution is 5.79. The zero-order valence-corrected chi connectivity index (χ0v) is 10.1. The minimum atomic E-state index is -0.0207. The Kier molecular flexibility index (Phi) is 4.49. The van der Waals surface area contributed by atoms with Crippen molar-refractivity contribution < 1.29 is 9.90 Å². The Morgan fingerprint density at radius 3 is 2.69 bits per heavy atom. The van der Waals surface area contributed by atoms with E-state index in [4.69, 9.17) is 5.11 Å². The molecular weight excluding hydrogens is 206 g/mol. The molecule has 0 spiro atoms. The standard InChI is InChI=1S/C11H19N3O2/c1-8-10(9(2)14(3)13-8)7-11(16)12-5-4-6-15/h15H,4-7H2,1-3H3,(H,12,16). The first-order valence-electron chi connectivity index (χ1n) is 5.43. The van der Waals surface area contributed by atoms with Gasteiger partial charge in [0.05, 0.1) is 12.1 Å². The number of hydrogen-bond donors (Lipinski definition) is 2. The summed E-state index contributed by atoms with van der Waals surface area (Å²) in [5.41, 5.74) is 2.91. The van der Waals surface area contributed by atoms with Crippen molar-refractivity contribution in [3.8, 4) is 0 Å². The van der Waals surface area contributed by atoms with Crippen LogP contribution in [0.2, 0.25) is 0 Å². The molecule has 2 N–H and O–H groups in total. The fourth-order valence-corrected chi connectivity index (χ4v) is 1.60. The molecular formula is C11H19N3O2. The normalized spacial score (nSPS) is 10.5. The van der Waals surface area contributed by atoms with Gasteiger partial charge in [-0.3, -0.25) is 9.48 Å². The lowest BCUT2D eigenvalue weighted by molar-refractivity contribution is -0.120. The van der Waals surface area contributed by atoms with Crippen LogP contribution in [0.25, 0.3) is 0 Å². The van der Waals surface area contributed by atoms with E-state index in [2.05, 4.69) is 10.4 Å². The predicted octanol–water partition coefficient (Wildman–Crippen LogP) is 0.0780. The molecule has 5 nitrogen and oxygen atoms in total. The summed E-state index contributed by atoms with van der Waals surface area (Å²) in [5, 5.41) is 15.6. The summed E-state index contributed by atoms with van der Waals surface area (Å²) >= 11 is 0. The van der Waals surface area contributed by atoms with Gasteiger partial charge in [0.15, 0.2) is 0 Å². The number of amides is 1. The molecule has 1 rings (SSSR count). The number of hydrogen-bond acceptors (Lipinski definition) is 3. The van der Waals surface area contributed by atoms with Crippen molar-refractivity contribution in [3.05, 3.63) is 17.0 Å². The van der Waals surface area contributed by atoms with Crippen molar-refractivity contribution in [1.29, 1.82) is 0 Å². The molecule has 0 fully saturated rings. The van der Waals surface area contributed by atoms with Crippen LogP contribution in [-0.2, 0) is 18.3 Å². The van der Waals surface area contributed by atoms with E-state index in [1.54, 1.807) is 4.68 Å². The quantitative estimate of drug-likeness (QED) is 0.697. The highest BCUT2D eigenvalue weighted by atomic mass is 16.3. The van der Waals surface area contributed by atoms with E-state index in [0.29, 0.717) is 19.4 Å². The molecule has 0 unspecified atom stereocenters. The third-order valence-electron chi connectivity index (χ3n) is 2.65. The van der Waals surface area contributed by atoms with E-state index in [9.17, 15) is 4.79 Å². The number of aromatic nitrogens is 2. The lowest BCUT2D eigenvalue weighted by Gasteiger charge is -2.04. The monoisotopic (exact) mass is 225 g/mol. The predicted molar refractivity (Wildman–Crippen MR) is 61.1 cm³/mol. The van der Waals surface area contributed by atoms with Crippen LogP contribution in [0.5, 0.6) is 0 Å². The first-order valence-corrected chi connectivity index (χ1v) is 5.43. The molecule has 0 saturated carbocycles. The van der Waals surface area contributed by atoms with Crippen LogP contribution in [0.4, 0.5) is 0 Å². The molecule has 5 heteroatoms. The molecule has 1 amide bonds. The molecule has 0 radical (unpaired) electrons. The highest BCUT2D eigenvalue weighted by Gasteiger charge is 2.12. The molecule has 0 atom stereocenters. The Bertz CT molecular complexity index is 372. The Morgan fingerprint density at radius 2 is 2.19 bits per heavy atom. The van der Waals surface area contributed by atoms with Gasteiger partial charge in [0.1, 0.15) is 0 Å². The third kappa shape index (κ3) is 3.06. The van der Waals surface area contributed by atoms with Gasteiger partial charge in [-0.15, -0.1) is 0 Å². The van der Waals surface area contributed by atoms with Crippen LogP contribution in [0.3, 0.4) is 0 Å². The number of rotatable bonds is 5. The Labute approximate surface area is 95.5 Å². The molecule has 0 aliphatic rings. The molecule has 0 saturated heterocycles. The minimum Gasteiger partial charge on any atom is -0.396 e. The van der Waals surface area contributed by atoms with Gasteiger partial charge in [-0.1, -0.05) is 0 Å². The highest BCUT2D eigenvalue weighted by Crippen LogP contribution is 2.12. The van der Waals surface area contributed by atoms with Gasteiger partial charge in [0.25, 0.3) is 0 Å². The maximum atomic E-state index is 11.6. The van der Waals surface area contributed by atoms with E-state index < -0.39 is 0 Å². The zero-order chi connectivity index (χ0) is 12.1. The average molecular weight is 225 g/mol. The Hall–Kier alpha value is -1.36. The molecule has 0 aliphatic carbocycles. The molecule has 16 heavy (non-hydrogen) atoms. The molecule has 90 valence electrons. The molecule has 0 bridgehead atoms. The summed E-state index contributed by atoms with van der Waals surface area (Å²) in [4.78, 5) is 11.6. The largest absolute Gasteiger partial charge is 0.396 e. The van der Waals surface area contributed by atoms with E-state index in [0.717, 1.165) is 17.0 Å². The van der Waals surface area contributed by atoms with Crippen molar-refractivity contribution in [3.63, 3.8) is 0 Å². The van der Waals surface area contributed by atoms with Gasteiger partial charge >= 0.3 is 0 Å². The summed E-state index contributed by atoms with van der Waals surface area (Å²) in [6.45, 7) is 4.48. The fraction of sp³-hybridized carbons (Fsp3) is 0.636. The van der Waals surface area contributed by atoms with Crippen molar-refractivity contribution in [1.82, 2.24) is 15.1 Å². The first-order chi connectivity index (χ1) is 7.56. The Balaban J connectivity index is 2.56. The number of aliphatic hydroxyl groups is 1. The van der Waals surface area contributed by atoms with E-state index >= 15 is 0 Å². The molecule has 1 aromatic rings. The van der Waals surface area contributed by atoms with Gasteiger partial charge in [-0.2, -0.15) is 5.10 Å². The topological polar surface area (TPSA) is 67.2 Å². The molecule has 0 aliphatic heterocycles. The first kappa shape index (κ1) is 12.7. The van der Waals surface area contributed by atoms with E-state index in [1.807, 2.05) is 20.9 Å². The van der Waals surface area contributed by atoms with Crippen molar-refractivity contribution in [2.75, 3.05) is 13.2 Å². The van der Waals surface area contributed by atoms with E-state index in [1.165, 1.54) is 0 Å². The minimum absolute atomic E-state index is 0.0207. The van der Waals surface area contributed by atoms with Crippen LogP contribution in [-0.4, -0.2) is 33.9 Å². The van der Waals surface area contributed by atoms with Crippen LogP contribution in [0, 0.1) is 13.8 Å². The van der Waals surface area contributed by atoms with Gasteiger partial charge in [-0.05, 0) is 20.3 Å². The van der Waals surface area contributed by atoms with Gasteiger partial charge < -0.3 is 10.4 Å². The smallest absolute Gasteiger partial charge is 0.224 e. The zero-order valence-electron chi connectivity index (χ0n) is 10.1. The fourth-order valence-electron chi connectivity index (χ4n) is 1.60.